The van der Waals surface area contributed by atoms with E-state index < -0.39 is 0 Å². The van der Waals surface area contributed by atoms with E-state index in [1.54, 1.807) is 0 Å². The smallest absolute Gasteiger partial charge is 0.154 e. The lowest BCUT2D eigenvalue weighted by molar-refractivity contribution is 0.836. The summed E-state index contributed by atoms with van der Waals surface area (Å²) in [4.78, 5) is 4.62. The van der Waals surface area contributed by atoms with Crippen molar-refractivity contribution >= 4 is 17.9 Å². The van der Waals surface area contributed by atoms with Crippen LogP contribution < -0.4 is 0 Å². The van der Waals surface area contributed by atoms with E-state index >= 15 is 0 Å². The van der Waals surface area contributed by atoms with Crippen LogP contribution in [0.1, 0.15) is 43.5 Å². The monoisotopic (exact) mass is 233 g/mol. The molecule has 0 bridgehead atoms. The summed E-state index contributed by atoms with van der Waals surface area (Å²) in [7, 11) is 0. The topological polar surface area (TPSA) is 33.1 Å². The van der Waals surface area contributed by atoms with Gasteiger partial charge in [0.25, 0.3) is 0 Å². The Bertz CT molecular complexity index is 577. The molecule has 3 rings (SSSR count). The van der Waals surface area contributed by atoms with Crippen LogP contribution >= 0.6 is 12.2 Å². The molecule has 0 saturated heterocycles. The molecule has 2 aromatic heterocycles. The normalized spacial score (nSPS) is 15.8. The number of aromatic nitrogens is 3. The number of hydrogen-bond donors (Lipinski definition) is 1. The molecule has 84 valence electrons. The second kappa shape index (κ2) is 3.70. The van der Waals surface area contributed by atoms with Gasteiger partial charge in [-0.2, -0.15) is 0 Å². The Hall–Kier alpha value is -1.16. The van der Waals surface area contributed by atoms with Gasteiger partial charge in [0.15, 0.2) is 5.65 Å². The molecular weight excluding hydrogens is 218 g/mol. The SMILES string of the molecule is CCCc1cc(=S)n2[nH]c(C3CC3)cc2n1. The Morgan fingerprint density at radius 2 is 2.31 bits per heavy atom. The van der Waals surface area contributed by atoms with Gasteiger partial charge in [-0.05, 0) is 25.3 Å². The molecule has 1 aliphatic carbocycles. The van der Waals surface area contributed by atoms with Crippen LogP contribution in [0.4, 0.5) is 0 Å². The van der Waals surface area contributed by atoms with E-state index in [1.807, 2.05) is 10.6 Å². The van der Waals surface area contributed by atoms with Gasteiger partial charge in [0, 0.05) is 23.4 Å². The van der Waals surface area contributed by atoms with E-state index in [1.165, 1.54) is 18.5 Å². The van der Waals surface area contributed by atoms with Gasteiger partial charge >= 0.3 is 0 Å². The van der Waals surface area contributed by atoms with E-state index in [-0.39, 0.29) is 0 Å². The molecule has 0 radical (unpaired) electrons. The van der Waals surface area contributed by atoms with Crippen molar-refractivity contribution in [1.29, 1.82) is 0 Å². The molecule has 2 aromatic rings. The first-order valence-electron chi connectivity index (χ1n) is 5.89. The zero-order valence-corrected chi connectivity index (χ0v) is 10.2. The Morgan fingerprint density at radius 1 is 1.50 bits per heavy atom. The molecule has 1 N–H and O–H groups in total. The Labute approximate surface area is 99.5 Å². The lowest BCUT2D eigenvalue weighted by Crippen LogP contribution is -1.97. The average molecular weight is 233 g/mol. The van der Waals surface area contributed by atoms with E-state index in [0.29, 0.717) is 5.92 Å². The summed E-state index contributed by atoms with van der Waals surface area (Å²) in [5, 5.41) is 3.35. The fraction of sp³-hybridized carbons (Fsp3) is 0.500. The fourth-order valence-electron chi connectivity index (χ4n) is 2.05. The number of nitrogens with one attached hydrogen (secondary N) is 1. The van der Waals surface area contributed by atoms with Crippen molar-refractivity contribution in [2.24, 2.45) is 0 Å². The van der Waals surface area contributed by atoms with Gasteiger partial charge in [-0.3, -0.25) is 5.10 Å². The zero-order valence-electron chi connectivity index (χ0n) is 9.36. The van der Waals surface area contributed by atoms with Crippen molar-refractivity contribution in [2.75, 3.05) is 0 Å². The summed E-state index contributed by atoms with van der Waals surface area (Å²) < 4.78 is 2.75. The number of aryl methyl sites for hydroxylation is 1. The Kier molecular flexibility index (Phi) is 2.32. The second-order valence-corrected chi connectivity index (χ2v) is 4.93. The number of H-pyrrole nitrogens is 1. The minimum absolute atomic E-state index is 0.714. The van der Waals surface area contributed by atoms with E-state index in [2.05, 4.69) is 23.1 Å². The quantitative estimate of drug-likeness (QED) is 0.826. The van der Waals surface area contributed by atoms with Crippen LogP contribution in [-0.4, -0.2) is 14.6 Å². The van der Waals surface area contributed by atoms with Gasteiger partial charge in [0.05, 0.1) is 0 Å². The summed E-state index contributed by atoms with van der Waals surface area (Å²) in [6.45, 7) is 2.16. The van der Waals surface area contributed by atoms with Crippen molar-refractivity contribution in [3.05, 3.63) is 28.2 Å². The minimum Gasteiger partial charge on any atom is -0.295 e. The number of rotatable bonds is 3. The third-order valence-electron chi connectivity index (χ3n) is 3.05. The van der Waals surface area contributed by atoms with E-state index in [4.69, 9.17) is 12.2 Å². The lowest BCUT2D eigenvalue weighted by atomic mass is 10.2. The first-order valence-corrected chi connectivity index (χ1v) is 6.30. The molecule has 0 aromatic carbocycles. The fourth-order valence-corrected chi connectivity index (χ4v) is 2.32. The average Bonchev–Trinajstić information content (AvgIpc) is 3.00. The van der Waals surface area contributed by atoms with Gasteiger partial charge in [-0.1, -0.05) is 25.6 Å². The maximum atomic E-state index is 5.37. The van der Waals surface area contributed by atoms with Crippen LogP contribution in [0, 0.1) is 4.64 Å². The molecule has 1 fully saturated rings. The standard InChI is InChI=1S/C12H15N3S/c1-2-3-9-6-12(16)15-11(13-9)7-10(14-15)8-4-5-8/h6-8,14H,2-5H2,1H3. The van der Waals surface area contributed by atoms with Crippen molar-refractivity contribution in [3.63, 3.8) is 0 Å². The highest BCUT2D eigenvalue weighted by molar-refractivity contribution is 7.71. The predicted molar refractivity (Wildman–Crippen MR) is 66.3 cm³/mol. The van der Waals surface area contributed by atoms with Gasteiger partial charge in [0.1, 0.15) is 4.64 Å². The molecule has 1 saturated carbocycles. The Morgan fingerprint density at radius 3 is 3.00 bits per heavy atom. The molecule has 0 atom stereocenters. The molecular formula is C12H15N3S. The second-order valence-electron chi connectivity index (χ2n) is 4.52. The van der Waals surface area contributed by atoms with Gasteiger partial charge in [-0.15, -0.1) is 0 Å². The largest absolute Gasteiger partial charge is 0.295 e. The van der Waals surface area contributed by atoms with Crippen molar-refractivity contribution < 1.29 is 0 Å². The van der Waals surface area contributed by atoms with Gasteiger partial charge in [-0.25, -0.2) is 9.50 Å². The third kappa shape index (κ3) is 1.67. The zero-order chi connectivity index (χ0) is 11.1. The number of hydrogen-bond acceptors (Lipinski definition) is 2. The lowest BCUT2D eigenvalue weighted by Gasteiger charge is -1.99. The summed E-state index contributed by atoms with van der Waals surface area (Å²) in [5.74, 6) is 0.714. The summed E-state index contributed by atoms with van der Waals surface area (Å²) >= 11 is 5.37. The molecule has 0 spiro atoms. The van der Waals surface area contributed by atoms with E-state index in [0.717, 1.165) is 28.8 Å². The molecule has 16 heavy (non-hydrogen) atoms. The Balaban J connectivity index is 2.13. The predicted octanol–water partition coefficient (Wildman–Crippen LogP) is 3.22. The number of fused-ring (bicyclic) bond motifs is 1. The third-order valence-corrected chi connectivity index (χ3v) is 3.35. The highest BCUT2D eigenvalue weighted by Crippen LogP contribution is 2.39. The van der Waals surface area contributed by atoms with Crippen LogP contribution in [0.3, 0.4) is 0 Å². The van der Waals surface area contributed by atoms with Crippen molar-refractivity contribution in [3.8, 4) is 0 Å². The highest BCUT2D eigenvalue weighted by atomic mass is 32.1. The maximum absolute atomic E-state index is 5.37. The van der Waals surface area contributed by atoms with Gasteiger partial charge in [0.2, 0.25) is 0 Å². The summed E-state index contributed by atoms with van der Waals surface area (Å²) in [6, 6.07) is 4.14. The molecule has 1 aliphatic rings. The summed E-state index contributed by atoms with van der Waals surface area (Å²) in [6.07, 6.45) is 4.70. The van der Waals surface area contributed by atoms with Crippen LogP contribution in [0.2, 0.25) is 0 Å². The molecule has 0 unspecified atom stereocenters. The number of nitrogens with zero attached hydrogens (tertiary/aromatic N) is 2. The molecule has 0 amide bonds. The highest BCUT2D eigenvalue weighted by Gasteiger charge is 2.25. The molecule has 4 heteroatoms. The first-order chi connectivity index (χ1) is 7.78. The van der Waals surface area contributed by atoms with Crippen LogP contribution in [0.15, 0.2) is 12.1 Å². The van der Waals surface area contributed by atoms with Crippen LogP contribution in [0.25, 0.3) is 5.65 Å². The molecule has 3 nitrogen and oxygen atoms in total. The minimum atomic E-state index is 0.714. The van der Waals surface area contributed by atoms with Crippen LogP contribution in [0.5, 0.6) is 0 Å². The first kappa shape index (κ1) is 10.0. The van der Waals surface area contributed by atoms with Crippen molar-refractivity contribution in [2.45, 2.75) is 38.5 Å². The van der Waals surface area contributed by atoms with Crippen LogP contribution in [-0.2, 0) is 6.42 Å². The molecule has 2 heterocycles. The van der Waals surface area contributed by atoms with Crippen molar-refractivity contribution in [1.82, 2.24) is 14.6 Å². The van der Waals surface area contributed by atoms with E-state index in [9.17, 15) is 0 Å². The van der Waals surface area contributed by atoms with Gasteiger partial charge < -0.3 is 0 Å². The number of aromatic amines is 1. The summed E-state index contributed by atoms with van der Waals surface area (Å²) in [5.41, 5.74) is 3.36. The maximum Gasteiger partial charge on any atom is 0.154 e. The molecule has 0 aliphatic heterocycles.